The molecule has 0 aliphatic carbocycles. The van der Waals surface area contributed by atoms with Crippen LogP contribution in [0.15, 0.2) is 0 Å². The summed E-state index contributed by atoms with van der Waals surface area (Å²) < 4.78 is 4.95. The average Bonchev–Trinajstić information content (AvgIpc) is 2.34. The maximum Gasteiger partial charge on any atom is 0.324 e. The molecule has 0 aromatic heterocycles. The van der Waals surface area contributed by atoms with Crippen LogP contribution in [0.4, 0.5) is 0 Å². The molecule has 0 aromatic rings. The summed E-state index contributed by atoms with van der Waals surface area (Å²) in [6, 6.07) is 0.398. The second kappa shape index (κ2) is 7.10. The van der Waals surface area contributed by atoms with Crippen LogP contribution in [0.25, 0.3) is 0 Å². The molecule has 0 aromatic carbocycles. The monoisotopic (exact) mass is 256 g/mol. The Labute approximate surface area is 111 Å². The molecule has 0 N–H and O–H groups in total. The van der Waals surface area contributed by atoms with Crippen molar-refractivity contribution in [2.24, 2.45) is 5.92 Å². The third kappa shape index (κ3) is 4.25. The van der Waals surface area contributed by atoms with E-state index in [1.807, 2.05) is 0 Å². The van der Waals surface area contributed by atoms with Gasteiger partial charge in [0.05, 0.1) is 7.11 Å². The number of piperazine rings is 1. The number of nitrogens with zero attached hydrogens (tertiary/aromatic N) is 2. The fourth-order valence-corrected chi connectivity index (χ4v) is 2.36. The Balaban J connectivity index is 2.62. The van der Waals surface area contributed by atoms with Crippen LogP contribution in [0.1, 0.15) is 34.1 Å². The first kappa shape index (κ1) is 15.4. The topological polar surface area (TPSA) is 32.8 Å². The van der Waals surface area contributed by atoms with Crippen LogP contribution < -0.4 is 0 Å². The Bertz CT molecular complexity index is 267. The fourth-order valence-electron chi connectivity index (χ4n) is 2.36. The van der Waals surface area contributed by atoms with Crippen LogP contribution in [0.2, 0.25) is 0 Å². The van der Waals surface area contributed by atoms with Crippen LogP contribution in [-0.4, -0.2) is 61.1 Å². The smallest absolute Gasteiger partial charge is 0.324 e. The Morgan fingerprint density at radius 2 is 1.94 bits per heavy atom. The lowest BCUT2D eigenvalue weighted by atomic mass is 10.1. The molecule has 1 aliphatic rings. The van der Waals surface area contributed by atoms with Gasteiger partial charge in [-0.15, -0.1) is 0 Å². The summed E-state index contributed by atoms with van der Waals surface area (Å²) in [5.74, 6) is 0.579. The summed E-state index contributed by atoms with van der Waals surface area (Å²) in [5.41, 5.74) is 0. The first-order chi connectivity index (χ1) is 8.45. The summed E-state index contributed by atoms with van der Waals surface area (Å²) in [6.45, 7) is 12.6. The van der Waals surface area contributed by atoms with E-state index in [1.54, 1.807) is 0 Å². The highest BCUT2D eigenvalue weighted by Crippen LogP contribution is 2.15. The number of hydrogen-bond donors (Lipinski definition) is 0. The van der Waals surface area contributed by atoms with Crippen molar-refractivity contribution in [3.8, 4) is 0 Å². The highest BCUT2D eigenvalue weighted by molar-refractivity contribution is 5.76. The van der Waals surface area contributed by atoms with E-state index in [-0.39, 0.29) is 12.0 Å². The van der Waals surface area contributed by atoms with E-state index in [4.69, 9.17) is 4.74 Å². The molecule has 1 unspecified atom stereocenters. The van der Waals surface area contributed by atoms with E-state index in [0.717, 1.165) is 32.6 Å². The molecule has 4 heteroatoms. The Hall–Kier alpha value is -0.610. The zero-order valence-corrected chi connectivity index (χ0v) is 12.5. The molecule has 106 valence electrons. The molecular weight excluding hydrogens is 228 g/mol. The molecule has 0 spiro atoms. The predicted octanol–water partition coefficient (Wildman–Crippen LogP) is 1.60. The number of rotatable bonds is 5. The van der Waals surface area contributed by atoms with Gasteiger partial charge >= 0.3 is 5.97 Å². The first-order valence-electron chi connectivity index (χ1n) is 7.01. The largest absolute Gasteiger partial charge is 0.468 e. The Morgan fingerprint density at radius 1 is 1.28 bits per heavy atom. The zero-order chi connectivity index (χ0) is 13.7. The van der Waals surface area contributed by atoms with E-state index in [0.29, 0.717) is 12.0 Å². The second-order valence-corrected chi connectivity index (χ2v) is 5.85. The summed E-state index contributed by atoms with van der Waals surface area (Å²) in [7, 11) is 1.48. The molecule has 4 nitrogen and oxygen atoms in total. The van der Waals surface area contributed by atoms with Crippen LogP contribution in [0.3, 0.4) is 0 Å². The van der Waals surface area contributed by atoms with Crippen LogP contribution in [0, 0.1) is 5.92 Å². The lowest BCUT2D eigenvalue weighted by Gasteiger charge is -2.41. The molecule has 1 atom stereocenters. The molecule has 0 radical (unpaired) electrons. The summed E-state index contributed by atoms with van der Waals surface area (Å²) in [5, 5.41) is 0. The minimum atomic E-state index is -0.0934. The molecule has 18 heavy (non-hydrogen) atoms. The van der Waals surface area contributed by atoms with Crippen LogP contribution in [0.5, 0.6) is 0 Å². The van der Waals surface area contributed by atoms with Gasteiger partial charge in [-0.3, -0.25) is 14.6 Å². The van der Waals surface area contributed by atoms with Crippen LogP contribution >= 0.6 is 0 Å². The van der Waals surface area contributed by atoms with Gasteiger partial charge in [-0.05, 0) is 32.7 Å². The molecule has 1 aliphatic heterocycles. The van der Waals surface area contributed by atoms with Gasteiger partial charge in [-0.2, -0.15) is 0 Å². The van der Waals surface area contributed by atoms with Crippen molar-refractivity contribution in [3.05, 3.63) is 0 Å². The van der Waals surface area contributed by atoms with Gasteiger partial charge in [0.1, 0.15) is 6.04 Å². The summed E-state index contributed by atoms with van der Waals surface area (Å²) in [4.78, 5) is 16.5. The normalized spacial score (nSPS) is 22.7. The van der Waals surface area contributed by atoms with E-state index >= 15 is 0 Å². The minimum Gasteiger partial charge on any atom is -0.468 e. The molecule has 0 saturated carbocycles. The molecule has 1 fully saturated rings. The van der Waals surface area contributed by atoms with Gasteiger partial charge in [-0.25, -0.2) is 0 Å². The molecule has 1 rings (SSSR count). The Kier molecular flexibility index (Phi) is 6.09. The van der Waals surface area contributed by atoms with Crippen molar-refractivity contribution in [1.29, 1.82) is 0 Å². The van der Waals surface area contributed by atoms with Gasteiger partial charge in [-0.1, -0.05) is 13.8 Å². The molecule has 1 saturated heterocycles. The lowest BCUT2D eigenvalue weighted by Crippen LogP contribution is -2.58. The fraction of sp³-hybridized carbons (Fsp3) is 0.929. The van der Waals surface area contributed by atoms with Crippen molar-refractivity contribution in [1.82, 2.24) is 9.80 Å². The lowest BCUT2D eigenvalue weighted by molar-refractivity contribution is -0.150. The van der Waals surface area contributed by atoms with Gasteiger partial charge < -0.3 is 4.74 Å². The quantitative estimate of drug-likeness (QED) is 0.700. The molecule has 0 bridgehead atoms. The van der Waals surface area contributed by atoms with Gasteiger partial charge in [0.2, 0.25) is 0 Å². The first-order valence-corrected chi connectivity index (χ1v) is 7.01. The number of esters is 1. The van der Waals surface area contributed by atoms with E-state index in [1.165, 1.54) is 7.11 Å². The number of carbonyl (C=O) groups excluding carboxylic acids is 1. The highest BCUT2D eigenvalue weighted by Gasteiger charge is 2.33. The number of carbonyl (C=O) groups is 1. The average molecular weight is 256 g/mol. The van der Waals surface area contributed by atoms with Gasteiger partial charge in [0, 0.05) is 25.7 Å². The van der Waals surface area contributed by atoms with Gasteiger partial charge in [0.25, 0.3) is 0 Å². The number of ether oxygens (including phenoxy) is 1. The number of hydrogen-bond acceptors (Lipinski definition) is 4. The van der Waals surface area contributed by atoms with E-state index in [2.05, 4.69) is 37.5 Å². The zero-order valence-electron chi connectivity index (χ0n) is 12.5. The van der Waals surface area contributed by atoms with Crippen molar-refractivity contribution in [2.75, 3.05) is 33.3 Å². The van der Waals surface area contributed by atoms with E-state index in [9.17, 15) is 4.79 Å². The third-order valence-electron chi connectivity index (χ3n) is 3.72. The van der Waals surface area contributed by atoms with Crippen molar-refractivity contribution < 1.29 is 9.53 Å². The molecular formula is C14H28N2O2. The maximum atomic E-state index is 11.9. The minimum absolute atomic E-state index is 0.0927. The second-order valence-electron chi connectivity index (χ2n) is 5.85. The molecule has 0 amide bonds. The Morgan fingerprint density at radius 3 is 2.44 bits per heavy atom. The van der Waals surface area contributed by atoms with E-state index < -0.39 is 0 Å². The van der Waals surface area contributed by atoms with Crippen molar-refractivity contribution in [2.45, 2.75) is 46.2 Å². The standard InChI is InChI=1S/C14H28N2O2/c1-11(2)6-7-15-8-9-16(12(3)4)10-13(15)14(17)18-5/h11-13H,6-10H2,1-5H3. The van der Waals surface area contributed by atoms with Crippen molar-refractivity contribution >= 4 is 5.97 Å². The van der Waals surface area contributed by atoms with Crippen molar-refractivity contribution in [3.63, 3.8) is 0 Å². The summed E-state index contributed by atoms with van der Waals surface area (Å²) in [6.07, 6.45) is 1.13. The highest BCUT2D eigenvalue weighted by atomic mass is 16.5. The van der Waals surface area contributed by atoms with Crippen LogP contribution in [-0.2, 0) is 9.53 Å². The third-order valence-corrected chi connectivity index (χ3v) is 3.72. The number of methoxy groups -OCH3 is 1. The molecule has 1 heterocycles. The SMILES string of the molecule is COC(=O)C1CN(C(C)C)CCN1CCC(C)C. The maximum absolute atomic E-state index is 11.9. The van der Waals surface area contributed by atoms with Gasteiger partial charge in [0.15, 0.2) is 0 Å². The predicted molar refractivity (Wildman–Crippen MR) is 73.5 cm³/mol. The summed E-state index contributed by atoms with van der Waals surface area (Å²) >= 11 is 0.